The molecule has 2 aromatic carbocycles. The van der Waals surface area contributed by atoms with Gasteiger partial charge < -0.3 is 37.9 Å². The van der Waals surface area contributed by atoms with E-state index in [2.05, 4.69) is 42.7 Å². The molecule has 0 saturated heterocycles. The lowest BCUT2D eigenvalue weighted by molar-refractivity contribution is -0.161. The lowest BCUT2D eigenvalue weighted by Gasteiger charge is -2.38. The molecule has 0 atom stereocenters. The maximum atomic E-state index is 13.1. The van der Waals surface area contributed by atoms with E-state index < -0.39 is 73.9 Å². The Hall–Kier alpha value is -6.18. The number of ether oxygens (including phenoxy) is 8. The molecule has 4 rings (SSSR count). The van der Waals surface area contributed by atoms with Crippen LogP contribution in [0.3, 0.4) is 0 Å². The molecule has 14 nitrogen and oxygen atoms in total. The van der Waals surface area contributed by atoms with Crippen LogP contribution < -0.4 is 9.47 Å². The number of carbonyl (C=O) groups excluding carboxylic acids is 6. The first-order valence-corrected chi connectivity index (χ1v) is 25.4. The van der Waals surface area contributed by atoms with E-state index in [1.165, 1.54) is 84.0 Å². The third-order valence-electron chi connectivity index (χ3n) is 13.7. The molecule has 2 aromatic rings. The molecule has 14 heteroatoms. The Labute approximate surface area is 426 Å². The zero-order valence-electron chi connectivity index (χ0n) is 43.5. The summed E-state index contributed by atoms with van der Waals surface area (Å²) < 4.78 is 44.3. The van der Waals surface area contributed by atoms with E-state index in [-0.39, 0.29) is 35.5 Å². The molecule has 0 heterocycles. The lowest BCUT2D eigenvalue weighted by Crippen LogP contribution is -2.44. The van der Waals surface area contributed by atoms with Crippen LogP contribution in [0.15, 0.2) is 91.1 Å². The van der Waals surface area contributed by atoms with Crippen LogP contribution in [0, 0.1) is 29.1 Å². The number of hydrogen-bond donors (Lipinski definition) is 0. The van der Waals surface area contributed by atoms with Crippen molar-refractivity contribution in [2.45, 2.75) is 124 Å². The summed E-state index contributed by atoms with van der Waals surface area (Å²) in [5, 5.41) is 0. The normalized spacial score (nSPS) is 17.6. The van der Waals surface area contributed by atoms with Crippen molar-refractivity contribution in [3.05, 3.63) is 96.6 Å². The van der Waals surface area contributed by atoms with E-state index in [9.17, 15) is 28.8 Å². The number of aryl methyl sites for hydroxylation is 1. The van der Waals surface area contributed by atoms with E-state index >= 15 is 0 Å². The fourth-order valence-electron chi connectivity index (χ4n) is 9.16. The van der Waals surface area contributed by atoms with Crippen LogP contribution in [-0.2, 0) is 63.6 Å². The van der Waals surface area contributed by atoms with Crippen LogP contribution in [-0.4, -0.2) is 89.7 Å². The minimum Gasteiger partial charge on any atom is -0.493 e. The molecule has 2 fully saturated rings. The molecule has 0 amide bonds. The van der Waals surface area contributed by atoms with Crippen molar-refractivity contribution in [2.24, 2.45) is 29.1 Å². The molecule has 0 N–H and O–H groups in total. The van der Waals surface area contributed by atoms with Crippen LogP contribution in [0.25, 0.3) is 11.1 Å². The fraction of sp³-hybridized carbons (Fsp3) is 0.552. The predicted molar refractivity (Wildman–Crippen MR) is 274 cm³/mol. The summed E-state index contributed by atoms with van der Waals surface area (Å²) in [7, 11) is 2.32. The monoisotopic (exact) mass is 999 g/mol. The zero-order chi connectivity index (χ0) is 52.6. The molecule has 0 bridgehead atoms. The molecule has 2 saturated carbocycles. The number of unbranched alkanes of at least 4 members (excludes halogenated alkanes) is 2. The highest BCUT2D eigenvalue weighted by Crippen LogP contribution is 2.42. The molecule has 2 aliphatic carbocycles. The first-order chi connectivity index (χ1) is 34.5. The highest BCUT2D eigenvalue weighted by atomic mass is 16.6. The molecule has 0 aromatic heterocycles. The number of rotatable bonds is 30. The largest absolute Gasteiger partial charge is 0.493 e. The van der Waals surface area contributed by atoms with Gasteiger partial charge in [-0.15, -0.1) is 0 Å². The second-order valence-corrected chi connectivity index (χ2v) is 19.7. The predicted octanol–water partition coefficient (Wildman–Crippen LogP) is 10.8. The smallest absolute Gasteiger partial charge is 0.334 e. The summed E-state index contributed by atoms with van der Waals surface area (Å²) in [5.74, 6) is -0.263. The van der Waals surface area contributed by atoms with E-state index in [1.807, 2.05) is 36.4 Å². The summed E-state index contributed by atoms with van der Waals surface area (Å²) in [5.41, 5.74) is 0.812. The molecule has 0 unspecified atom stereocenters. The third-order valence-corrected chi connectivity index (χ3v) is 13.7. The Balaban J connectivity index is 1.52. The first kappa shape index (κ1) is 58.4. The lowest BCUT2D eigenvalue weighted by atomic mass is 9.69. The topological polar surface area (TPSA) is 176 Å². The number of hydrogen-bond acceptors (Lipinski definition) is 14. The molecular weight excluding hydrogens is 921 g/mol. The first-order valence-electron chi connectivity index (χ1n) is 25.4. The van der Waals surface area contributed by atoms with Gasteiger partial charge >= 0.3 is 35.8 Å². The minimum atomic E-state index is -1.59. The highest BCUT2D eigenvalue weighted by molar-refractivity contribution is 5.94. The Morgan fingerprint density at radius 3 is 1.58 bits per heavy atom. The van der Waals surface area contributed by atoms with Gasteiger partial charge in [0, 0.05) is 22.3 Å². The van der Waals surface area contributed by atoms with Crippen LogP contribution in [0.2, 0.25) is 0 Å². The van der Waals surface area contributed by atoms with Gasteiger partial charge in [-0.1, -0.05) is 90.0 Å². The molecule has 394 valence electrons. The number of esters is 6. The van der Waals surface area contributed by atoms with Gasteiger partial charge in [-0.3, -0.25) is 9.59 Å². The van der Waals surface area contributed by atoms with Gasteiger partial charge in [-0.25, -0.2) is 19.2 Å². The summed E-state index contributed by atoms with van der Waals surface area (Å²) >= 11 is 0. The maximum Gasteiger partial charge on any atom is 0.334 e. The van der Waals surface area contributed by atoms with Crippen molar-refractivity contribution < 1.29 is 66.7 Å². The number of carbonyl (C=O) groups is 6. The summed E-state index contributed by atoms with van der Waals surface area (Å²) in [6, 6.07) is 13.6. The van der Waals surface area contributed by atoms with Crippen LogP contribution in [0.1, 0.15) is 123 Å². The maximum absolute atomic E-state index is 13.1. The van der Waals surface area contributed by atoms with Gasteiger partial charge in [-0.2, -0.15) is 0 Å². The number of benzene rings is 2. The van der Waals surface area contributed by atoms with Gasteiger partial charge in [0.25, 0.3) is 0 Å². The van der Waals surface area contributed by atoms with Gasteiger partial charge in [-0.05, 0) is 130 Å². The fourth-order valence-corrected chi connectivity index (χ4v) is 9.16. The minimum absolute atomic E-state index is 0.0688. The quantitative estimate of drug-likeness (QED) is 0.0313. The van der Waals surface area contributed by atoms with Crippen molar-refractivity contribution in [1.29, 1.82) is 0 Å². The molecule has 2 aliphatic rings. The second-order valence-electron chi connectivity index (χ2n) is 19.7. The molecular formula is C58H78O14. The Morgan fingerprint density at radius 2 is 1.07 bits per heavy atom. The van der Waals surface area contributed by atoms with Gasteiger partial charge in [0.15, 0.2) is 0 Å². The Morgan fingerprint density at radius 1 is 0.569 bits per heavy atom. The Kier molecular flexibility index (Phi) is 24.3. The molecule has 72 heavy (non-hydrogen) atoms. The van der Waals surface area contributed by atoms with E-state index in [4.69, 9.17) is 28.4 Å². The molecule has 0 radical (unpaired) electrons. The van der Waals surface area contributed by atoms with E-state index in [0.717, 1.165) is 54.4 Å². The highest BCUT2D eigenvalue weighted by Gasteiger charge is 2.39. The average Bonchev–Trinajstić information content (AvgIpc) is 3.38. The van der Waals surface area contributed by atoms with Crippen molar-refractivity contribution in [3.8, 4) is 22.6 Å². The van der Waals surface area contributed by atoms with Gasteiger partial charge in [0.2, 0.25) is 0 Å². The third kappa shape index (κ3) is 19.4. The van der Waals surface area contributed by atoms with Crippen molar-refractivity contribution in [3.63, 3.8) is 0 Å². The van der Waals surface area contributed by atoms with Gasteiger partial charge in [0.1, 0.15) is 43.3 Å². The van der Waals surface area contributed by atoms with E-state index in [0.29, 0.717) is 31.1 Å². The summed E-state index contributed by atoms with van der Waals surface area (Å²) in [6.07, 6.45) is 16.0. The van der Waals surface area contributed by atoms with Crippen molar-refractivity contribution >= 4 is 35.8 Å². The SMILES string of the molecule is C=C(C)C(=O)OCCCc1cc(-c2ccc(OCC3CCC(C4CCC(CCCCC)CC4)CC3)cc2)ccc1OCC(COC(=O)C(=C)C)(COC(=O)C(=C)CC(=O)OC)COC(=O)C(=C)CC(=O)OC. The zero-order valence-corrected chi connectivity index (χ0v) is 43.5. The second kappa shape index (κ2) is 30.0. The summed E-state index contributed by atoms with van der Waals surface area (Å²) in [4.78, 5) is 75.2. The average molecular weight is 999 g/mol. The van der Waals surface area contributed by atoms with Crippen LogP contribution in [0.4, 0.5) is 0 Å². The van der Waals surface area contributed by atoms with Crippen molar-refractivity contribution in [1.82, 2.24) is 0 Å². The van der Waals surface area contributed by atoms with E-state index in [1.54, 1.807) is 13.0 Å². The van der Waals surface area contributed by atoms with Crippen LogP contribution in [0.5, 0.6) is 11.5 Å². The number of methoxy groups -OCH3 is 2. The summed E-state index contributed by atoms with van der Waals surface area (Å²) in [6.45, 7) is 18.7. The van der Waals surface area contributed by atoms with Gasteiger partial charge in [0.05, 0.1) is 40.3 Å². The van der Waals surface area contributed by atoms with Crippen LogP contribution >= 0.6 is 0 Å². The standard InChI is InChI=1S/C58H78O14/c1-10-11-12-14-43-16-20-45(21-17-43)46-22-18-44(19-23-46)34-68-50-27-24-47(25-28-50)48-26-29-51(49(33-48)15-13-30-67-54(61)39(2)3)69-35-58(36-70-55(62)40(4)5,37-71-56(63)41(6)31-52(59)65-8)38-72-57(64)42(7)32-53(60)66-9/h24-29,33,43-46H,2,4,6-7,10-23,30-32,34-38H2,1,3,5,8-9H3. The molecule has 0 aliphatic heterocycles. The van der Waals surface area contributed by atoms with Crippen molar-refractivity contribution in [2.75, 3.05) is 53.9 Å². The Bertz CT molecular complexity index is 2140. The molecule has 0 spiro atoms.